The zero-order chi connectivity index (χ0) is 54.5. The van der Waals surface area contributed by atoms with Crippen molar-refractivity contribution < 1.29 is 79.0 Å². The zero-order valence-electron chi connectivity index (χ0n) is 43.0. The summed E-state index contributed by atoms with van der Waals surface area (Å²) < 4.78 is 127. The van der Waals surface area contributed by atoms with E-state index in [-0.39, 0.29) is 65.2 Å². The first-order chi connectivity index (χ1) is 33.7. The van der Waals surface area contributed by atoms with E-state index in [0.717, 1.165) is 87.2 Å². The van der Waals surface area contributed by atoms with Gasteiger partial charge in [0.05, 0.1) is 12.2 Å². The monoisotopic (exact) mass is 1050 g/mol. The van der Waals surface area contributed by atoms with Gasteiger partial charge in [-0.05, 0) is 137 Å². The van der Waals surface area contributed by atoms with E-state index in [4.69, 9.17) is 9.47 Å². The van der Waals surface area contributed by atoms with E-state index in [9.17, 15) is 69.5 Å². The molecule has 0 aromatic heterocycles. The number of carbonyl (C=O) groups excluding carboxylic acids is 2. The molecule has 0 aromatic carbocycles. The minimum atomic E-state index is -5.86. The standard InChI is InChI=1S/C30H41F3O5.C26H34F6O3/c1-19(8-6-15-29(5,36)30(31,32)33)26-12-13-27-23(9-7-14-28(26,27)4)11-10-22-16-24(37-20(2)34)18-25(17-22)38-21(3)35;1-16(5-3-12-24(35,25(27,28)29)26(30,31)32)21-9-10-22-18(6-4-11-23(21,22)2)8-7-17-13-19(33)15-20(34)14-17/h6,10-12,15,19,24-25,27,36H,7-9,13-14,16-18H2,1-5H3;3,7-9,12,16,19-20,22,33-35H,4-6,10-11,13-15H2,1-2H3/b15-6-,23-11+;12-3-,18-8+/t19-,24-,25-,27+,28-,29?;16-,19-,20-,22+,23-/m11/s1. The molecule has 0 spiro atoms. The molecule has 6 aliphatic carbocycles. The lowest BCUT2D eigenvalue weighted by Gasteiger charge is -2.42. The average molecular weight is 1050 g/mol. The van der Waals surface area contributed by atoms with E-state index in [2.05, 4.69) is 44.2 Å². The van der Waals surface area contributed by atoms with Crippen LogP contribution < -0.4 is 0 Å². The molecule has 0 heterocycles. The first kappa shape index (κ1) is 59.9. The Labute approximate surface area is 423 Å². The van der Waals surface area contributed by atoms with Crippen LogP contribution in [0.3, 0.4) is 0 Å². The lowest BCUT2D eigenvalue weighted by atomic mass is 9.62. The van der Waals surface area contributed by atoms with Gasteiger partial charge in [-0.1, -0.05) is 110 Å². The number of hydrogen-bond donors (Lipinski definition) is 4. The van der Waals surface area contributed by atoms with Crippen molar-refractivity contribution >= 4 is 11.9 Å². The van der Waals surface area contributed by atoms with Crippen LogP contribution in [0.5, 0.6) is 0 Å². The van der Waals surface area contributed by atoms with Crippen molar-refractivity contribution in [3.8, 4) is 0 Å². The number of esters is 2. The fraction of sp³-hybridized carbons (Fsp3) is 0.679. The number of aliphatic hydroxyl groups is 4. The van der Waals surface area contributed by atoms with Crippen molar-refractivity contribution in [3.63, 3.8) is 0 Å². The molecule has 0 aromatic rings. The minimum Gasteiger partial charge on any atom is -0.462 e. The van der Waals surface area contributed by atoms with Crippen molar-refractivity contribution in [3.05, 3.63) is 94.2 Å². The van der Waals surface area contributed by atoms with Crippen molar-refractivity contribution in [1.29, 1.82) is 0 Å². The number of rotatable bonds is 12. The van der Waals surface area contributed by atoms with E-state index in [1.807, 2.05) is 13.0 Å². The number of fused-ring (bicyclic) bond motifs is 2. The summed E-state index contributed by atoms with van der Waals surface area (Å²) in [6.07, 6.45) is 8.21. The maximum Gasteiger partial charge on any atom is 0.429 e. The number of hydrogen-bond acceptors (Lipinski definition) is 8. The Bertz CT molecular complexity index is 2170. The molecule has 73 heavy (non-hydrogen) atoms. The zero-order valence-corrected chi connectivity index (χ0v) is 43.0. The molecule has 4 N–H and O–H groups in total. The molecule has 0 aliphatic heterocycles. The molecule has 4 saturated carbocycles. The highest BCUT2D eigenvalue weighted by Crippen LogP contribution is 2.58. The molecule has 0 saturated heterocycles. The maximum atomic E-state index is 13.0. The van der Waals surface area contributed by atoms with Crippen LogP contribution in [0.2, 0.25) is 0 Å². The molecular formula is C56H75F9O8. The summed E-state index contributed by atoms with van der Waals surface area (Å²) in [5.74, 6) is -0.409. The quantitative estimate of drug-likeness (QED) is 0.0863. The molecule has 17 heteroatoms. The van der Waals surface area contributed by atoms with E-state index in [1.165, 1.54) is 36.6 Å². The van der Waals surface area contributed by atoms with Gasteiger partial charge in [0, 0.05) is 33.1 Å². The van der Waals surface area contributed by atoms with Gasteiger partial charge in [-0.3, -0.25) is 9.59 Å². The molecule has 8 nitrogen and oxygen atoms in total. The number of allylic oxidation sites excluding steroid dienone is 12. The molecule has 6 aliphatic rings. The van der Waals surface area contributed by atoms with Crippen LogP contribution in [0.1, 0.15) is 151 Å². The van der Waals surface area contributed by atoms with Crippen molar-refractivity contribution in [2.45, 2.75) is 205 Å². The summed E-state index contributed by atoms with van der Waals surface area (Å²) in [6, 6.07) is 0. The number of carbonyl (C=O) groups is 2. The molecule has 410 valence electrons. The van der Waals surface area contributed by atoms with Crippen molar-refractivity contribution in [2.24, 2.45) is 34.5 Å². The number of aliphatic hydroxyl groups excluding tert-OH is 2. The molecule has 6 rings (SSSR count). The first-order valence-corrected chi connectivity index (χ1v) is 25.6. The van der Waals surface area contributed by atoms with Gasteiger partial charge in [0.1, 0.15) is 12.2 Å². The third-order valence-corrected chi connectivity index (χ3v) is 16.3. The Kier molecular flexibility index (Phi) is 19.3. The Balaban J connectivity index is 0.000000272. The van der Waals surface area contributed by atoms with Crippen molar-refractivity contribution in [1.82, 2.24) is 0 Å². The van der Waals surface area contributed by atoms with Crippen LogP contribution in [0, 0.1) is 34.5 Å². The molecule has 4 fully saturated rings. The Morgan fingerprint density at radius 1 is 0.644 bits per heavy atom. The van der Waals surface area contributed by atoms with Gasteiger partial charge < -0.3 is 29.9 Å². The number of halogens is 9. The largest absolute Gasteiger partial charge is 0.462 e. The van der Waals surface area contributed by atoms with E-state index in [1.54, 1.807) is 6.92 Å². The molecule has 1 unspecified atom stereocenters. The van der Waals surface area contributed by atoms with Crippen LogP contribution >= 0.6 is 0 Å². The fourth-order valence-corrected chi connectivity index (χ4v) is 12.5. The third kappa shape index (κ3) is 14.5. The summed E-state index contributed by atoms with van der Waals surface area (Å²) in [6.45, 7) is 11.7. The molecule has 0 bridgehead atoms. The van der Waals surface area contributed by atoms with Crippen molar-refractivity contribution in [2.75, 3.05) is 0 Å². The predicted molar refractivity (Wildman–Crippen MR) is 259 cm³/mol. The molecule has 0 radical (unpaired) electrons. The van der Waals surface area contributed by atoms with Gasteiger partial charge in [0.15, 0.2) is 5.60 Å². The minimum absolute atomic E-state index is 0.0541. The fourth-order valence-electron chi connectivity index (χ4n) is 12.5. The highest BCUT2D eigenvalue weighted by atomic mass is 19.4. The SMILES string of the molecule is CC(=O)O[C@@H]1CC(=C/C=C2\CCC[C@]3(C)C([C@H](C)C/C=C\C(C)(O)C(F)(F)F)=CC[C@@H]23)C[C@@H](OC(C)=O)C1.C[C@H](C/C=C\C(O)(C(F)(F)F)C(F)(F)F)C1=CC[C@H]2/C(=C/C=C3C[C@@H](O)C[C@H](O)C3)CCC[C@]12C. The van der Waals surface area contributed by atoms with Crippen LogP contribution in [-0.4, -0.2) is 86.5 Å². The lowest BCUT2D eigenvalue weighted by molar-refractivity contribution is -0.347. The van der Waals surface area contributed by atoms with Crippen LogP contribution in [0.15, 0.2) is 94.2 Å². The second-order valence-corrected chi connectivity index (χ2v) is 22.1. The summed E-state index contributed by atoms with van der Waals surface area (Å²) in [5, 5.41) is 38.9. The van der Waals surface area contributed by atoms with Gasteiger partial charge in [0.25, 0.3) is 5.60 Å². The first-order valence-electron chi connectivity index (χ1n) is 25.6. The second kappa shape index (κ2) is 23.5. The second-order valence-electron chi connectivity index (χ2n) is 22.1. The highest BCUT2D eigenvalue weighted by molar-refractivity contribution is 5.67. The Morgan fingerprint density at radius 3 is 1.42 bits per heavy atom. The topological polar surface area (TPSA) is 134 Å². The average Bonchev–Trinajstić information content (AvgIpc) is 3.80. The van der Waals surface area contributed by atoms with Crippen LogP contribution in [0.4, 0.5) is 39.5 Å². The summed E-state index contributed by atoms with van der Waals surface area (Å²) >= 11 is 0. The van der Waals surface area contributed by atoms with Crippen LogP contribution in [-0.2, 0) is 19.1 Å². The highest BCUT2D eigenvalue weighted by Gasteiger charge is 2.69. The van der Waals surface area contributed by atoms with Gasteiger partial charge >= 0.3 is 30.5 Å². The predicted octanol–water partition coefficient (Wildman–Crippen LogP) is 13.2. The van der Waals surface area contributed by atoms with Gasteiger partial charge in [-0.25, -0.2) is 0 Å². The van der Waals surface area contributed by atoms with Gasteiger partial charge in [-0.2, -0.15) is 39.5 Å². The Hall–Kier alpha value is -3.93. The molecular weight excluding hydrogens is 972 g/mol. The van der Waals surface area contributed by atoms with E-state index < -0.39 is 41.9 Å². The molecule has 0 amide bonds. The van der Waals surface area contributed by atoms with Crippen LogP contribution in [0.25, 0.3) is 0 Å². The van der Waals surface area contributed by atoms with E-state index >= 15 is 0 Å². The Morgan fingerprint density at radius 2 is 1.04 bits per heavy atom. The molecule has 11 atom stereocenters. The summed E-state index contributed by atoms with van der Waals surface area (Å²) in [5.41, 5.74) is -1.06. The van der Waals surface area contributed by atoms with E-state index in [0.29, 0.717) is 50.9 Å². The maximum absolute atomic E-state index is 13.0. The normalized spacial score (nSPS) is 32.0. The number of alkyl halides is 9. The summed E-state index contributed by atoms with van der Waals surface area (Å²) in [4.78, 5) is 23.0. The lowest BCUT2D eigenvalue weighted by Crippen LogP contribution is -2.55. The third-order valence-electron chi connectivity index (χ3n) is 16.3. The smallest absolute Gasteiger partial charge is 0.429 e. The van der Waals surface area contributed by atoms with Gasteiger partial charge in [-0.15, -0.1) is 0 Å². The summed E-state index contributed by atoms with van der Waals surface area (Å²) in [7, 11) is 0. The number of ether oxygens (including phenoxy) is 2. The van der Waals surface area contributed by atoms with Gasteiger partial charge in [0.2, 0.25) is 0 Å².